The van der Waals surface area contributed by atoms with Crippen LogP contribution in [0.15, 0.2) is 12.2 Å². The zero-order valence-corrected chi connectivity index (χ0v) is 9.68. The van der Waals surface area contributed by atoms with Crippen molar-refractivity contribution < 1.29 is 9.90 Å². The number of carboxylic acid groups (broad SMARTS) is 1. The van der Waals surface area contributed by atoms with Gasteiger partial charge < -0.3 is 5.11 Å². The van der Waals surface area contributed by atoms with Crippen molar-refractivity contribution in [3.05, 3.63) is 12.2 Å². The lowest BCUT2D eigenvalue weighted by atomic mass is 10.1. The lowest BCUT2D eigenvalue weighted by Crippen LogP contribution is -2.54. The number of hydrogen-bond acceptors (Lipinski definition) is 3. The van der Waals surface area contributed by atoms with E-state index in [2.05, 4.69) is 30.7 Å². The molecule has 0 aromatic heterocycles. The van der Waals surface area contributed by atoms with Crippen molar-refractivity contribution in [2.45, 2.75) is 25.9 Å². The fraction of sp³-hybridized carbons (Fsp3) is 0.727. The SMILES string of the molecule is C[C@@H]1CN(C/C=C/C(=O)O)C[C@H](C)N1C. The van der Waals surface area contributed by atoms with E-state index in [-0.39, 0.29) is 0 Å². The van der Waals surface area contributed by atoms with Crippen LogP contribution in [0.25, 0.3) is 0 Å². The first-order valence-corrected chi connectivity index (χ1v) is 5.34. The summed E-state index contributed by atoms with van der Waals surface area (Å²) in [6.45, 7) is 7.14. The maximum absolute atomic E-state index is 10.3. The minimum atomic E-state index is -0.870. The molecule has 1 N–H and O–H groups in total. The van der Waals surface area contributed by atoms with Gasteiger partial charge in [-0.1, -0.05) is 6.08 Å². The van der Waals surface area contributed by atoms with Crippen LogP contribution in [0.1, 0.15) is 13.8 Å². The zero-order valence-electron chi connectivity index (χ0n) is 9.68. The molecule has 0 radical (unpaired) electrons. The number of hydrogen-bond donors (Lipinski definition) is 1. The van der Waals surface area contributed by atoms with Gasteiger partial charge in [0.05, 0.1) is 0 Å². The highest BCUT2D eigenvalue weighted by atomic mass is 16.4. The second-order valence-corrected chi connectivity index (χ2v) is 4.32. The van der Waals surface area contributed by atoms with Crippen LogP contribution in [0.4, 0.5) is 0 Å². The van der Waals surface area contributed by atoms with Crippen LogP contribution in [0.5, 0.6) is 0 Å². The molecule has 0 aromatic carbocycles. The Hall–Kier alpha value is -0.870. The number of likely N-dealkylation sites (N-methyl/N-ethyl adjacent to an activating group) is 1. The van der Waals surface area contributed by atoms with Gasteiger partial charge >= 0.3 is 5.97 Å². The van der Waals surface area contributed by atoms with Gasteiger partial charge in [0.1, 0.15) is 0 Å². The van der Waals surface area contributed by atoms with E-state index in [9.17, 15) is 4.79 Å². The van der Waals surface area contributed by atoms with E-state index in [4.69, 9.17) is 5.11 Å². The first-order chi connectivity index (χ1) is 7.00. The number of aliphatic carboxylic acids is 1. The molecule has 0 aromatic rings. The van der Waals surface area contributed by atoms with E-state index in [1.165, 1.54) is 6.08 Å². The highest BCUT2D eigenvalue weighted by Gasteiger charge is 2.25. The van der Waals surface area contributed by atoms with Gasteiger partial charge in [-0.25, -0.2) is 4.79 Å². The average molecular weight is 212 g/mol. The molecule has 0 aliphatic carbocycles. The maximum Gasteiger partial charge on any atom is 0.328 e. The molecular formula is C11H20N2O2. The summed E-state index contributed by atoms with van der Waals surface area (Å²) in [7, 11) is 2.14. The first kappa shape index (κ1) is 12.2. The lowest BCUT2D eigenvalue weighted by molar-refractivity contribution is -0.131. The quantitative estimate of drug-likeness (QED) is 0.698. The molecule has 0 spiro atoms. The van der Waals surface area contributed by atoms with Crippen LogP contribution in [0.2, 0.25) is 0 Å². The molecule has 1 aliphatic rings. The van der Waals surface area contributed by atoms with Crippen LogP contribution >= 0.6 is 0 Å². The van der Waals surface area contributed by atoms with Crippen molar-refractivity contribution in [2.24, 2.45) is 0 Å². The van der Waals surface area contributed by atoms with Crippen molar-refractivity contribution in [3.8, 4) is 0 Å². The third-order valence-electron chi connectivity index (χ3n) is 3.06. The topological polar surface area (TPSA) is 43.8 Å². The van der Waals surface area contributed by atoms with E-state index in [0.717, 1.165) is 19.6 Å². The van der Waals surface area contributed by atoms with Crippen LogP contribution < -0.4 is 0 Å². The smallest absolute Gasteiger partial charge is 0.328 e. The Balaban J connectivity index is 2.41. The van der Waals surface area contributed by atoms with Gasteiger partial charge in [-0.2, -0.15) is 0 Å². The summed E-state index contributed by atoms with van der Waals surface area (Å²) in [5, 5.41) is 8.48. The highest BCUT2D eigenvalue weighted by Crippen LogP contribution is 2.12. The van der Waals surface area contributed by atoms with Crippen LogP contribution in [-0.2, 0) is 4.79 Å². The summed E-state index contributed by atoms with van der Waals surface area (Å²) >= 11 is 0. The molecule has 86 valence electrons. The Morgan fingerprint density at radius 2 is 1.93 bits per heavy atom. The van der Waals surface area contributed by atoms with Crippen molar-refractivity contribution >= 4 is 5.97 Å². The fourth-order valence-electron chi connectivity index (χ4n) is 1.97. The molecule has 2 atom stereocenters. The first-order valence-electron chi connectivity index (χ1n) is 5.34. The van der Waals surface area contributed by atoms with Gasteiger partial charge in [-0.15, -0.1) is 0 Å². The third kappa shape index (κ3) is 3.64. The molecule has 0 unspecified atom stereocenters. The van der Waals surface area contributed by atoms with Crippen LogP contribution in [0, 0.1) is 0 Å². The molecule has 4 nitrogen and oxygen atoms in total. The zero-order chi connectivity index (χ0) is 11.4. The molecule has 1 aliphatic heterocycles. The van der Waals surface area contributed by atoms with Gasteiger partial charge in [-0.05, 0) is 20.9 Å². The second kappa shape index (κ2) is 5.28. The number of rotatable bonds is 3. The summed E-state index contributed by atoms with van der Waals surface area (Å²) in [4.78, 5) is 15.0. The van der Waals surface area contributed by atoms with Crippen LogP contribution in [0.3, 0.4) is 0 Å². The van der Waals surface area contributed by atoms with E-state index < -0.39 is 5.97 Å². The normalized spacial score (nSPS) is 29.8. The summed E-state index contributed by atoms with van der Waals surface area (Å²) in [5.74, 6) is -0.870. The predicted octanol–water partition coefficient (Wildman–Crippen LogP) is 0.652. The number of nitrogens with zero attached hydrogens (tertiary/aromatic N) is 2. The second-order valence-electron chi connectivity index (χ2n) is 4.32. The number of carbonyl (C=O) groups is 1. The minimum Gasteiger partial charge on any atom is -0.478 e. The van der Waals surface area contributed by atoms with Gasteiger partial charge in [0.25, 0.3) is 0 Å². The Morgan fingerprint density at radius 3 is 2.40 bits per heavy atom. The molecule has 0 bridgehead atoms. The monoisotopic (exact) mass is 212 g/mol. The standard InChI is InChI=1S/C11H20N2O2/c1-9-7-13(6-4-5-11(14)15)8-10(2)12(9)3/h4-5,9-10H,6-8H2,1-3H3,(H,14,15)/b5-4+/t9-,10+. The summed E-state index contributed by atoms with van der Waals surface area (Å²) in [6, 6.07) is 1.07. The Labute approximate surface area is 91.2 Å². The molecule has 0 saturated carbocycles. The van der Waals surface area contributed by atoms with Crippen LogP contribution in [-0.4, -0.2) is 59.6 Å². The molecule has 1 saturated heterocycles. The van der Waals surface area contributed by atoms with Gasteiger partial charge in [0.2, 0.25) is 0 Å². The van der Waals surface area contributed by atoms with Crippen molar-refractivity contribution in [2.75, 3.05) is 26.7 Å². The van der Waals surface area contributed by atoms with Crippen molar-refractivity contribution in [1.82, 2.24) is 9.80 Å². The molecule has 15 heavy (non-hydrogen) atoms. The Morgan fingerprint density at radius 1 is 1.40 bits per heavy atom. The summed E-state index contributed by atoms with van der Waals surface area (Å²) < 4.78 is 0. The number of piperazine rings is 1. The van der Waals surface area contributed by atoms with E-state index in [1.54, 1.807) is 6.08 Å². The third-order valence-corrected chi connectivity index (χ3v) is 3.06. The van der Waals surface area contributed by atoms with E-state index in [0.29, 0.717) is 12.1 Å². The largest absolute Gasteiger partial charge is 0.478 e. The predicted molar refractivity (Wildman–Crippen MR) is 59.9 cm³/mol. The van der Waals surface area contributed by atoms with Gasteiger partial charge in [0, 0.05) is 37.8 Å². The van der Waals surface area contributed by atoms with Gasteiger partial charge in [-0.3, -0.25) is 9.80 Å². The molecule has 0 amide bonds. The molecular weight excluding hydrogens is 192 g/mol. The minimum absolute atomic E-state index is 0.534. The molecule has 1 heterocycles. The average Bonchev–Trinajstić information content (AvgIpc) is 2.13. The Kier molecular flexibility index (Phi) is 4.29. The van der Waals surface area contributed by atoms with Crippen molar-refractivity contribution in [3.63, 3.8) is 0 Å². The Bertz CT molecular complexity index is 241. The molecule has 1 rings (SSSR count). The summed E-state index contributed by atoms with van der Waals surface area (Å²) in [5.41, 5.74) is 0. The van der Waals surface area contributed by atoms with E-state index in [1.807, 2.05) is 0 Å². The molecule has 1 fully saturated rings. The van der Waals surface area contributed by atoms with E-state index >= 15 is 0 Å². The summed E-state index contributed by atoms with van der Waals surface area (Å²) in [6.07, 6.45) is 2.93. The maximum atomic E-state index is 10.3. The van der Waals surface area contributed by atoms with Crippen molar-refractivity contribution in [1.29, 1.82) is 0 Å². The van der Waals surface area contributed by atoms with Gasteiger partial charge in [0.15, 0.2) is 0 Å². The molecule has 4 heteroatoms. The lowest BCUT2D eigenvalue weighted by Gasteiger charge is -2.42. The highest BCUT2D eigenvalue weighted by molar-refractivity contribution is 5.79. The number of carboxylic acids is 1. The fourth-order valence-corrected chi connectivity index (χ4v) is 1.97.